The van der Waals surface area contributed by atoms with E-state index >= 15 is 0 Å². The molecule has 0 spiro atoms. The Balaban J connectivity index is 1.62. The normalized spacial score (nSPS) is 17.6. The molecule has 1 amide bonds. The molecular weight excluding hydrogens is 358 g/mol. The van der Waals surface area contributed by atoms with E-state index in [1.807, 2.05) is 47.0 Å². The Morgan fingerprint density at radius 2 is 1.85 bits per heavy atom. The molecule has 1 heterocycles. The van der Waals surface area contributed by atoms with E-state index in [4.69, 9.17) is 9.47 Å². The summed E-state index contributed by atoms with van der Waals surface area (Å²) in [6, 6.07) is 16.2. The number of rotatable bonds is 5. The summed E-state index contributed by atoms with van der Waals surface area (Å²) in [5.41, 5.74) is 2.25. The molecule has 0 aromatic heterocycles. The standard InChI is InChI=1S/C22H25NO3S/c1-25-19-10-8-17(16-20(19)26-2)9-11-22(24)23-13-12-21(27-15-14-23)18-6-4-3-5-7-18/h3-11,16,21H,12-15H2,1-2H3/b11-9+/t21-/m1/s1. The Kier molecular flexibility index (Phi) is 6.82. The topological polar surface area (TPSA) is 38.8 Å². The van der Waals surface area contributed by atoms with Gasteiger partial charge in [0.2, 0.25) is 5.91 Å². The van der Waals surface area contributed by atoms with Gasteiger partial charge in [-0.2, -0.15) is 11.8 Å². The summed E-state index contributed by atoms with van der Waals surface area (Å²) in [7, 11) is 3.21. The minimum Gasteiger partial charge on any atom is -0.493 e. The van der Waals surface area contributed by atoms with Crippen LogP contribution in [-0.2, 0) is 4.79 Å². The number of amides is 1. The average Bonchev–Trinajstić information content (AvgIpc) is 2.98. The summed E-state index contributed by atoms with van der Waals surface area (Å²) in [4.78, 5) is 14.6. The van der Waals surface area contributed by atoms with Crippen LogP contribution in [-0.4, -0.2) is 43.9 Å². The number of nitrogens with zero attached hydrogens (tertiary/aromatic N) is 1. The van der Waals surface area contributed by atoms with Crippen molar-refractivity contribution in [3.8, 4) is 11.5 Å². The molecule has 1 atom stereocenters. The van der Waals surface area contributed by atoms with Crippen molar-refractivity contribution in [1.29, 1.82) is 0 Å². The maximum absolute atomic E-state index is 12.6. The monoisotopic (exact) mass is 383 g/mol. The molecule has 0 aliphatic carbocycles. The molecule has 0 radical (unpaired) electrons. The van der Waals surface area contributed by atoms with Crippen LogP contribution in [0.15, 0.2) is 54.6 Å². The number of thioether (sulfide) groups is 1. The second-order valence-corrected chi connectivity index (χ2v) is 7.64. The molecule has 142 valence electrons. The highest BCUT2D eigenvalue weighted by molar-refractivity contribution is 7.99. The Bertz CT molecular complexity index is 791. The molecule has 1 aliphatic rings. The lowest BCUT2D eigenvalue weighted by molar-refractivity contribution is -0.125. The first kappa shape index (κ1) is 19.4. The lowest BCUT2D eigenvalue weighted by Gasteiger charge is -2.18. The summed E-state index contributed by atoms with van der Waals surface area (Å²) in [5, 5.41) is 0.457. The largest absolute Gasteiger partial charge is 0.493 e. The maximum atomic E-state index is 12.6. The first-order valence-corrected chi connectivity index (χ1v) is 10.1. The van der Waals surface area contributed by atoms with E-state index in [-0.39, 0.29) is 5.91 Å². The molecule has 1 aliphatic heterocycles. The summed E-state index contributed by atoms with van der Waals surface area (Å²) < 4.78 is 10.6. The van der Waals surface area contributed by atoms with Gasteiger partial charge in [0.05, 0.1) is 14.2 Å². The van der Waals surface area contributed by atoms with Crippen LogP contribution in [0.3, 0.4) is 0 Å². The number of hydrogen-bond acceptors (Lipinski definition) is 4. The number of methoxy groups -OCH3 is 2. The molecule has 1 saturated heterocycles. The van der Waals surface area contributed by atoms with E-state index in [2.05, 4.69) is 24.3 Å². The fourth-order valence-electron chi connectivity index (χ4n) is 3.15. The van der Waals surface area contributed by atoms with E-state index in [0.717, 1.165) is 30.8 Å². The van der Waals surface area contributed by atoms with Gasteiger partial charge in [0.15, 0.2) is 11.5 Å². The minimum atomic E-state index is 0.0547. The average molecular weight is 384 g/mol. The van der Waals surface area contributed by atoms with Crippen molar-refractivity contribution in [3.05, 3.63) is 65.7 Å². The third-order valence-corrected chi connectivity index (χ3v) is 5.98. The van der Waals surface area contributed by atoms with Crippen LogP contribution in [0.2, 0.25) is 0 Å². The molecule has 0 bridgehead atoms. The smallest absolute Gasteiger partial charge is 0.246 e. The van der Waals surface area contributed by atoms with Crippen LogP contribution in [0, 0.1) is 0 Å². The van der Waals surface area contributed by atoms with E-state index < -0.39 is 0 Å². The summed E-state index contributed by atoms with van der Waals surface area (Å²) in [5.74, 6) is 2.34. The summed E-state index contributed by atoms with van der Waals surface area (Å²) >= 11 is 1.93. The van der Waals surface area contributed by atoms with Gasteiger partial charge >= 0.3 is 0 Å². The second kappa shape index (κ2) is 9.51. The lowest BCUT2D eigenvalue weighted by atomic mass is 10.1. The molecule has 2 aromatic rings. The zero-order valence-electron chi connectivity index (χ0n) is 15.8. The van der Waals surface area contributed by atoms with Gasteiger partial charge in [0, 0.05) is 30.2 Å². The van der Waals surface area contributed by atoms with Crippen LogP contribution < -0.4 is 9.47 Å². The van der Waals surface area contributed by atoms with Crippen molar-refractivity contribution < 1.29 is 14.3 Å². The van der Waals surface area contributed by atoms with Crippen molar-refractivity contribution >= 4 is 23.7 Å². The highest BCUT2D eigenvalue weighted by Gasteiger charge is 2.20. The van der Waals surface area contributed by atoms with Crippen molar-refractivity contribution in [2.75, 3.05) is 33.1 Å². The number of ether oxygens (including phenoxy) is 2. The van der Waals surface area contributed by atoms with Crippen LogP contribution in [0.4, 0.5) is 0 Å². The third-order valence-electron chi connectivity index (χ3n) is 4.65. The van der Waals surface area contributed by atoms with Crippen LogP contribution in [0.5, 0.6) is 11.5 Å². The number of carbonyl (C=O) groups excluding carboxylic acids is 1. The molecule has 5 heteroatoms. The predicted octanol–water partition coefficient (Wildman–Crippen LogP) is 4.42. The molecule has 0 saturated carbocycles. The quantitative estimate of drug-likeness (QED) is 0.716. The fraction of sp³-hybridized carbons (Fsp3) is 0.318. The zero-order chi connectivity index (χ0) is 19.1. The van der Waals surface area contributed by atoms with Crippen molar-refractivity contribution in [3.63, 3.8) is 0 Å². The van der Waals surface area contributed by atoms with Crippen LogP contribution in [0.1, 0.15) is 22.8 Å². The molecule has 2 aromatic carbocycles. The Morgan fingerprint density at radius 1 is 1.07 bits per heavy atom. The molecule has 4 nitrogen and oxygen atoms in total. The third kappa shape index (κ3) is 5.07. The van der Waals surface area contributed by atoms with Crippen LogP contribution >= 0.6 is 11.8 Å². The Morgan fingerprint density at radius 3 is 2.59 bits per heavy atom. The van der Waals surface area contributed by atoms with Gasteiger partial charge in [-0.15, -0.1) is 0 Å². The van der Waals surface area contributed by atoms with Crippen molar-refractivity contribution in [1.82, 2.24) is 4.90 Å². The summed E-state index contributed by atoms with van der Waals surface area (Å²) in [6.45, 7) is 1.56. The van der Waals surface area contributed by atoms with E-state index in [1.54, 1.807) is 20.3 Å². The van der Waals surface area contributed by atoms with Gasteiger partial charge in [-0.05, 0) is 35.8 Å². The first-order chi connectivity index (χ1) is 13.2. The van der Waals surface area contributed by atoms with E-state index in [9.17, 15) is 4.79 Å². The highest BCUT2D eigenvalue weighted by Crippen LogP contribution is 2.34. The SMILES string of the molecule is COc1ccc(/C=C/C(=O)N2CCS[C@@H](c3ccccc3)CC2)cc1OC. The van der Waals surface area contributed by atoms with Gasteiger partial charge in [0.1, 0.15) is 0 Å². The van der Waals surface area contributed by atoms with Crippen molar-refractivity contribution in [2.24, 2.45) is 0 Å². The molecule has 0 unspecified atom stereocenters. The molecule has 1 fully saturated rings. The van der Waals surface area contributed by atoms with Gasteiger partial charge in [0.25, 0.3) is 0 Å². The van der Waals surface area contributed by atoms with Gasteiger partial charge in [-0.1, -0.05) is 36.4 Å². The van der Waals surface area contributed by atoms with Gasteiger partial charge < -0.3 is 14.4 Å². The van der Waals surface area contributed by atoms with Gasteiger partial charge in [-0.3, -0.25) is 4.79 Å². The highest BCUT2D eigenvalue weighted by atomic mass is 32.2. The van der Waals surface area contributed by atoms with E-state index in [0.29, 0.717) is 16.7 Å². The number of carbonyl (C=O) groups is 1. The molecule has 3 rings (SSSR count). The molecule has 0 N–H and O–H groups in total. The second-order valence-electron chi connectivity index (χ2n) is 6.33. The Hall–Kier alpha value is -2.40. The van der Waals surface area contributed by atoms with Crippen molar-refractivity contribution in [2.45, 2.75) is 11.7 Å². The lowest BCUT2D eigenvalue weighted by Crippen LogP contribution is -2.31. The van der Waals surface area contributed by atoms with E-state index in [1.165, 1.54) is 5.56 Å². The predicted molar refractivity (Wildman–Crippen MR) is 111 cm³/mol. The number of benzene rings is 2. The molecule has 27 heavy (non-hydrogen) atoms. The fourth-order valence-corrected chi connectivity index (χ4v) is 4.39. The molecular formula is C22H25NO3S. The zero-order valence-corrected chi connectivity index (χ0v) is 16.6. The maximum Gasteiger partial charge on any atom is 0.246 e. The summed E-state index contributed by atoms with van der Waals surface area (Å²) in [6.07, 6.45) is 4.45. The van der Waals surface area contributed by atoms with Crippen LogP contribution in [0.25, 0.3) is 6.08 Å². The first-order valence-electron chi connectivity index (χ1n) is 9.07. The van der Waals surface area contributed by atoms with Gasteiger partial charge in [-0.25, -0.2) is 0 Å². The minimum absolute atomic E-state index is 0.0547. The Labute approximate surface area is 165 Å². The number of hydrogen-bond donors (Lipinski definition) is 0.